The van der Waals surface area contributed by atoms with Crippen LogP contribution in [0.15, 0.2) is 9.95 Å². The summed E-state index contributed by atoms with van der Waals surface area (Å²) < 4.78 is 1.61. The zero-order chi connectivity index (χ0) is 14.6. The van der Waals surface area contributed by atoms with Crippen LogP contribution in [0.4, 0.5) is 0 Å². The van der Waals surface area contributed by atoms with Crippen molar-refractivity contribution >= 4 is 43.6 Å². The van der Waals surface area contributed by atoms with Crippen molar-refractivity contribution in [2.45, 2.75) is 27.7 Å². The minimum absolute atomic E-state index is 0.0439. The van der Waals surface area contributed by atoms with Crippen molar-refractivity contribution in [1.29, 1.82) is 0 Å². The Kier molecular flexibility index (Phi) is 2.91. The van der Waals surface area contributed by atoms with E-state index in [9.17, 15) is 4.79 Å². The molecule has 0 bridgehead atoms. The zero-order valence-electron chi connectivity index (χ0n) is 11.5. The van der Waals surface area contributed by atoms with Gasteiger partial charge < -0.3 is 5.21 Å². The number of rotatable bonds is 1. The Balaban J connectivity index is 2.53. The molecule has 5 nitrogen and oxygen atoms in total. The van der Waals surface area contributed by atoms with E-state index in [1.165, 1.54) is 22.7 Å². The molecular formula is C13H13N3O2S2. The van der Waals surface area contributed by atoms with Crippen LogP contribution in [-0.2, 0) is 0 Å². The van der Waals surface area contributed by atoms with Gasteiger partial charge in [0.25, 0.3) is 5.56 Å². The molecule has 0 aliphatic carbocycles. The van der Waals surface area contributed by atoms with Crippen LogP contribution in [0.5, 0.6) is 0 Å². The van der Waals surface area contributed by atoms with Crippen LogP contribution in [0.2, 0.25) is 0 Å². The smallest absolute Gasteiger partial charge is 0.267 e. The Hall–Kier alpha value is -1.73. The van der Waals surface area contributed by atoms with Crippen molar-refractivity contribution in [3.63, 3.8) is 0 Å². The lowest BCUT2D eigenvalue weighted by Crippen LogP contribution is -2.15. The van der Waals surface area contributed by atoms with Crippen LogP contribution in [-0.4, -0.2) is 20.3 Å². The fourth-order valence-electron chi connectivity index (χ4n) is 2.29. The first-order chi connectivity index (χ1) is 9.45. The Morgan fingerprint density at radius 2 is 2.00 bits per heavy atom. The van der Waals surface area contributed by atoms with Crippen LogP contribution < -0.4 is 5.56 Å². The summed E-state index contributed by atoms with van der Waals surface area (Å²) in [6, 6.07) is 0. The van der Waals surface area contributed by atoms with Gasteiger partial charge in [0, 0.05) is 10.6 Å². The standard InChI is InChI=1S/C13H13N3O2S2/c1-5-8(4)19-11-9(5)12(17)16-7(3)10(6(2)15-18)20-13(16)14-11/h18H,1-4H3/b15-6+. The molecule has 3 aromatic rings. The third kappa shape index (κ3) is 1.63. The minimum atomic E-state index is -0.0439. The molecule has 0 aromatic carbocycles. The summed E-state index contributed by atoms with van der Waals surface area (Å²) in [5.74, 6) is 0. The van der Waals surface area contributed by atoms with Gasteiger partial charge in [-0.15, -0.1) is 11.3 Å². The first-order valence-electron chi connectivity index (χ1n) is 6.06. The van der Waals surface area contributed by atoms with E-state index in [0.29, 0.717) is 16.1 Å². The number of thiophene rings is 1. The number of oxime groups is 1. The second kappa shape index (κ2) is 4.39. The molecular weight excluding hydrogens is 294 g/mol. The van der Waals surface area contributed by atoms with Crippen molar-refractivity contribution in [3.05, 3.63) is 31.4 Å². The lowest BCUT2D eigenvalue weighted by Gasteiger charge is -1.98. The van der Waals surface area contributed by atoms with Gasteiger partial charge in [-0.05, 0) is 33.3 Å². The molecule has 0 aliphatic heterocycles. The summed E-state index contributed by atoms with van der Waals surface area (Å²) in [6.07, 6.45) is 0. The highest BCUT2D eigenvalue weighted by molar-refractivity contribution is 7.20. The molecule has 3 aromatic heterocycles. The molecule has 0 atom stereocenters. The number of hydrogen-bond acceptors (Lipinski definition) is 6. The van der Waals surface area contributed by atoms with Crippen molar-refractivity contribution in [2.24, 2.45) is 5.16 Å². The van der Waals surface area contributed by atoms with Crippen LogP contribution in [0.1, 0.15) is 27.9 Å². The first kappa shape index (κ1) is 13.3. The largest absolute Gasteiger partial charge is 0.411 e. The second-order valence-corrected chi connectivity index (χ2v) is 6.88. The molecule has 0 saturated heterocycles. The molecule has 3 heterocycles. The maximum atomic E-state index is 12.7. The normalized spacial score (nSPS) is 12.7. The predicted octanol–water partition coefficient (Wildman–Crippen LogP) is 3.09. The molecule has 0 unspecified atom stereocenters. The third-order valence-electron chi connectivity index (χ3n) is 3.51. The molecule has 20 heavy (non-hydrogen) atoms. The van der Waals surface area contributed by atoms with Crippen LogP contribution in [0.3, 0.4) is 0 Å². The third-order valence-corrected chi connectivity index (χ3v) is 5.86. The number of thiazole rings is 1. The number of aromatic nitrogens is 2. The van der Waals surface area contributed by atoms with Gasteiger partial charge in [-0.1, -0.05) is 16.5 Å². The van der Waals surface area contributed by atoms with E-state index in [-0.39, 0.29) is 5.56 Å². The number of nitrogens with zero attached hydrogens (tertiary/aromatic N) is 3. The summed E-state index contributed by atoms with van der Waals surface area (Å²) in [5.41, 5.74) is 2.21. The van der Waals surface area contributed by atoms with E-state index >= 15 is 0 Å². The molecule has 104 valence electrons. The van der Waals surface area contributed by atoms with E-state index in [4.69, 9.17) is 5.21 Å². The maximum Gasteiger partial charge on any atom is 0.267 e. The van der Waals surface area contributed by atoms with Crippen LogP contribution >= 0.6 is 22.7 Å². The quantitative estimate of drug-likeness (QED) is 0.427. The van der Waals surface area contributed by atoms with Gasteiger partial charge >= 0.3 is 0 Å². The number of hydrogen-bond donors (Lipinski definition) is 1. The summed E-state index contributed by atoms with van der Waals surface area (Å²) >= 11 is 2.91. The zero-order valence-corrected chi connectivity index (χ0v) is 13.1. The summed E-state index contributed by atoms with van der Waals surface area (Å²) in [6.45, 7) is 7.50. The summed E-state index contributed by atoms with van der Waals surface area (Å²) in [4.78, 5) is 20.6. The maximum absolute atomic E-state index is 12.7. The van der Waals surface area contributed by atoms with Gasteiger partial charge in [0.15, 0.2) is 4.96 Å². The lowest BCUT2D eigenvalue weighted by atomic mass is 10.2. The van der Waals surface area contributed by atoms with E-state index in [1.807, 2.05) is 20.8 Å². The average molecular weight is 307 g/mol. The highest BCUT2D eigenvalue weighted by atomic mass is 32.1. The van der Waals surface area contributed by atoms with Gasteiger partial charge in [0.1, 0.15) is 4.83 Å². The summed E-state index contributed by atoms with van der Waals surface area (Å²) in [7, 11) is 0. The van der Waals surface area contributed by atoms with E-state index < -0.39 is 0 Å². The Morgan fingerprint density at radius 1 is 1.30 bits per heavy atom. The van der Waals surface area contributed by atoms with Crippen LogP contribution in [0.25, 0.3) is 15.2 Å². The molecule has 0 spiro atoms. The highest BCUT2D eigenvalue weighted by Crippen LogP contribution is 2.29. The number of aryl methyl sites for hydroxylation is 3. The topological polar surface area (TPSA) is 67.0 Å². The fraction of sp³-hybridized carbons (Fsp3) is 0.308. The molecule has 0 saturated carbocycles. The SMILES string of the molecule is C/C(=N\O)c1sc2nc3sc(C)c(C)c3c(=O)n2c1C. The minimum Gasteiger partial charge on any atom is -0.411 e. The monoisotopic (exact) mass is 307 g/mol. The van der Waals surface area contributed by atoms with Gasteiger partial charge in [-0.3, -0.25) is 9.20 Å². The van der Waals surface area contributed by atoms with Gasteiger partial charge in [-0.25, -0.2) is 4.98 Å². The molecule has 0 fully saturated rings. The van der Waals surface area contributed by atoms with Crippen molar-refractivity contribution < 1.29 is 5.21 Å². The fourth-order valence-corrected chi connectivity index (χ4v) is 4.42. The van der Waals surface area contributed by atoms with Crippen molar-refractivity contribution in [1.82, 2.24) is 9.38 Å². The Morgan fingerprint density at radius 3 is 2.65 bits per heavy atom. The Labute approximate surface area is 122 Å². The lowest BCUT2D eigenvalue weighted by molar-refractivity contribution is 0.319. The molecule has 3 rings (SSSR count). The molecule has 0 amide bonds. The van der Waals surface area contributed by atoms with Crippen molar-refractivity contribution in [2.75, 3.05) is 0 Å². The highest BCUT2D eigenvalue weighted by Gasteiger charge is 2.18. The molecule has 0 aliphatic rings. The van der Waals surface area contributed by atoms with E-state index in [0.717, 1.165) is 25.8 Å². The Bertz CT molecular complexity index is 931. The molecule has 7 heteroatoms. The van der Waals surface area contributed by atoms with Gasteiger partial charge in [0.05, 0.1) is 16.0 Å². The first-order valence-corrected chi connectivity index (χ1v) is 7.70. The van der Waals surface area contributed by atoms with Gasteiger partial charge in [0.2, 0.25) is 0 Å². The average Bonchev–Trinajstić information content (AvgIpc) is 2.88. The summed E-state index contributed by atoms with van der Waals surface area (Å²) in [5, 5.41) is 12.8. The van der Waals surface area contributed by atoms with Crippen LogP contribution in [0, 0.1) is 20.8 Å². The van der Waals surface area contributed by atoms with E-state index in [2.05, 4.69) is 10.1 Å². The van der Waals surface area contributed by atoms with Gasteiger partial charge in [-0.2, -0.15) is 0 Å². The van der Waals surface area contributed by atoms with Crippen molar-refractivity contribution in [3.8, 4) is 0 Å². The number of fused-ring (bicyclic) bond motifs is 2. The predicted molar refractivity (Wildman–Crippen MR) is 82.9 cm³/mol. The molecule has 1 N–H and O–H groups in total. The molecule has 0 radical (unpaired) electrons. The second-order valence-electron chi connectivity index (χ2n) is 4.70. The van der Waals surface area contributed by atoms with E-state index in [1.54, 1.807) is 11.3 Å².